The minimum atomic E-state index is -0.267. The molecular formula is C22H25FN6O. The third-order valence-electron chi connectivity index (χ3n) is 5.75. The molecule has 0 saturated carbocycles. The molecule has 1 N–H and O–H groups in total. The number of piperazine rings is 1. The number of anilines is 3. The summed E-state index contributed by atoms with van der Waals surface area (Å²) in [5, 5.41) is 7.49. The first kappa shape index (κ1) is 19.0. The Morgan fingerprint density at radius 2 is 1.83 bits per heavy atom. The van der Waals surface area contributed by atoms with Crippen LogP contribution in [-0.4, -0.2) is 65.1 Å². The zero-order valence-corrected chi connectivity index (χ0v) is 17.0. The minimum absolute atomic E-state index is 0.267. The molecule has 2 fully saturated rings. The molecule has 0 spiro atoms. The molecule has 0 amide bonds. The van der Waals surface area contributed by atoms with Crippen LogP contribution >= 0.6 is 0 Å². The Bertz CT molecular complexity index is 1010. The summed E-state index contributed by atoms with van der Waals surface area (Å²) >= 11 is 0. The zero-order valence-electron chi connectivity index (χ0n) is 17.0. The highest BCUT2D eigenvalue weighted by atomic mass is 19.1. The largest absolute Gasteiger partial charge is 0.378 e. The number of halogens is 1. The third-order valence-corrected chi connectivity index (χ3v) is 5.75. The second-order valence-electron chi connectivity index (χ2n) is 7.83. The van der Waals surface area contributed by atoms with Crippen LogP contribution in [0.15, 0.2) is 48.8 Å². The Morgan fingerprint density at radius 3 is 2.53 bits per heavy atom. The standard InChI is InChI=1S/C22H25FN6O/c1-16-11-19(25-22-24-15-29(26-22)17-5-3-2-4-6-17)21(23)20(12-16)28-9-7-27(8-10-28)18-13-30-14-18/h2-6,11-12,15,18H,7-10,13-14H2,1H3,(H,25,26). The van der Waals surface area contributed by atoms with Crippen LogP contribution in [0.2, 0.25) is 0 Å². The fourth-order valence-corrected chi connectivity index (χ4v) is 3.98. The first-order valence-corrected chi connectivity index (χ1v) is 10.3. The Kier molecular flexibility index (Phi) is 5.10. The summed E-state index contributed by atoms with van der Waals surface area (Å²) in [6.45, 7) is 7.06. The van der Waals surface area contributed by atoms with Gasteiger partial charge in [0.2, 0.25) is 5.95 Å². The van der Waals surface area contributed by atoms with E-state index in [4.69, 9.17) is 4.74 Å². The number of hydrogen-bond acceptors (Lipinski definition) is 6. The van der Waals surface area contributed by atoms with E-state index >= 15 is 4.39 Å². The molecule has 1 aromatic heterocycles. The van der Waals surface area contributed by atoms with Gasteiger partial charge < -0.3 is 15.0 Å². The van der Waals surface area contributed by atoms with Crippen LogP contribution in [0.5, 0.6) is 0 Å². The average Bonchev–Trinajstić information content (AvgIpc) is 3.19. The maximum atomic E-state index is 15.4. The van der Waals surface area contributed by atoms with Crippen molar-refractivity contribution in [3.8, 4) is 5.69 Å². The van der Waals surface area contributed by atoms with Crippen molar-refractivity contribution in [2.24, 2.45) is 0 Å². The number of aryl methyl sites for hydroxylation is 1. The van der Waals surface area contributed by atoms with Crippen LogP contribution in [0.3, 0.4) is 0 Å². The van der Waals surface area contributed by atoms with Gasteiger partial charge in [0.25, 0.3) is 0 Å². The average molecular weight is 408 g/mol. The highest BCUT2D eigenvalue weighted by Gasteiger charge is 2.30. The summed E-state index contributed by atoms with van der Waals surface area (Å²) in [6.07, 6.45) is 1.62. The van der Waals surface area contributed by atoms with E-state index in [1.54, 1.807) is 17.1 Å². The van der Waals surface area contributed by atoms with Gasteiger partial charge in [-0.05, 0) is 36.8 Å². The van der Waals surface area contributed by atoms with E-state index in [-0.39, 0.29) is 5.82 Å². The summed E-state index contributed by atoms with van der Waals surface area (Å²) in [5.74, 6) is 0.0983. The highest BCUT2D eigenvalue weighted by Crippen LogP contribution is 2.30. The Hall–Kier alpha value is -2.97. The van der Waals surface area contributed by atoms with Gasteiger partial charge >= 0.3 is 0 Å². The van der Waals surface area contributed by atoms with Gasteiger partial charge in [0.1, 0.15) is 6.33 Å². The van der Waals surface area contributed by atoms with E-state index in [1.807, 2.05) is 43.3 Å². The molecule has 0 atom stereocenters. The van der Waals surface area contributed by atoms with E-state index in [0.717, 1.165) is 50.6 Å². The molecule has 2 aliphatic heterocycles. The first-order chi connectivity index (χ1) is 14.7. The minimum Gasteiger partial charge on any atom is -0.378 e. The maximum Gasteiger partial charge on any atom is 0.247 e. The van der Waals surface area contributed by atoms with E-state index < -0.39 is 0 Å². The molecule has 3 heterocycles. The van der Waals surface area contributed by atoms with Crippen LogP contribution in [0.4, 0.5) is 21.7 Å². The smallest absolute Gasteiger partial charge is 0.247 e. The molecule has 0 bridgehead atoms. The number of para-hydroxylation sites is 1. The fourth-order valence-electron chi connectivity index (χ4n) is 3.98. The number of nitrogens with one attached hydrogen (secondary N) is 1. The van der Waals surface area contributed by atoms with Gasteiger partial charge in [0, 0.05) is 26.2 Å². The van der Waals surface area contributed by atoms with Gasteiger partial charge in [-0.1, -0.05) is 18.2 Å². The van der Waals surface area contributed by atoms with Gasteiger partial charge in [-0.2, -0.15) is 4.98 Å². The monoisotopic (exact) mass is 408 g/mol. The molecule has 5 rings (SSSR count). The van der Waals surface area contributed by atoms with Crippen molar-refractivity contribution < 1.29 is 9.13 Å². The van der Waals surface area contributed by atoms with Crippen LogP contribution in [0.1, 0.15) is 5.56 Å². The highest BCUT2D eigenvalue weighted by molar-refractivity contribution is 5.65. The number of aromatic nitrogens is 3. The number of rotatable bonds is 5. The molecule has 2 aliphatic rings. The van der Waals surface area contributed by atoms with Crippen molar-refractivity contribution in [1.29, 1.82) is 0 Å². The van der Waals surface area contributed by atoms with Gasteiger partial charge in [-0.25, -0.2) is 9.07 Å². The Labute approximate surface area is 175 Å². The fraction of sp³-hybridized carbons (Fsp3) is 0.364. The van der Waals surface area contributed by atoms with Crippen molar-refractivity contribution >= 4 is 17.3 Å². The summed E-state index contributed by atoms with van der Waals surface area (Å²) in [7, 11) is 0. The lowest BCUT2D eigenvalue weighted by Gasteiger charge is -2.43. The molecule has 0 unspecified atom stereocenters. The molecule has 2 aromatic carbocycles. The molecule has 8 heteroatoms. The Morgan fingerprint density at radius 1 is 1.07 bits per heavy atom. The zero-order chi connectivity index (χ0) is 20.5. The van der Waals surface area contributed by atoms with E-state index in [2.05, 4.69) is 25.2 Å². The topological polar surface area (TPSA) is 58.5 Å². The lowest BCUT2D eigenvalue weighted by Crippen LogP contribution is -2.56. The second kappa shape index (κ2) is 8.04. The van der Waals surface area contributed by atoms with Gasteiger partial charge in [0.15, 0.2) is 5.82 Å². The molecular weight excluding hydrogens is 383 g/mol. The predicted molar refractivity (Wildman–Crippen MR) is 114 cm³/mol. The van der Waals surface area contributed by atoms with E-state index in [9.17, 15) is 0 Å². The van der Waals surface area contributed by atoms with Gasteiger partial charge in [-0.3, -0.25) is 4.90 Å². The van der Waals surface area contributed by atoms with E-state index in [0.29, 0.717) is 23.4 Å². The Balaban J connectivity index is 1.33. The quantitative estimate of drug-likeness (QED) is 0.701. The molecule has 156 valence electrons. The molecule has 30 heavy (non-hydrogen) atoms. The SMILES string of the molecule is Cc1cc(Nc2ncn(-c3ccccc3)n2)c(F)c(N2CCN(C3COC3)CC2)c1. The van der Waals surface area contributed by atoms with Crippen LogP contribution in [0, 0.1) is 12.7 Å². The summed E-state index contributed by atoms with van der Waals surface area (Å²) < 4.78 is 22.4. The number of nitrogens with zero attached hydrogens (tertiary/aromatic N) is 5. The molecule has 3 aromatic rings. The number of hydrogen-bond donors (Lipinski definition) is 1. The van der Waals surface area contributed by atoms with Crippen molar-refractivity contribution in [2.75, 3.05) is 49.6 Å². The van der Waals surface area contributed by atoms with Gasteiger partial charge in [-0.15, -0.1) is 5.10 Å². The maximum absolute atomic E-state index is 15.4. The van der Waals surface area contributed by atoms with Crippen molar-refractivity contribution in [2.45, 2.75) is 13.0 Å². The summed E-state index contributed by atoms with van der Waals surface area (Å²) in [5.41, 5.74) is 2.92. The lowest BCUT2D eigenvalue weighted by atomic mass is 10.1. The third kappa shape index (κ3) is 3.76. The molecule has 0 radical (unpaired) electrons. The second-order valence-corrected chi connectivity index (χ2v) is 7.83. The van der Waals surface area contributed by atoms with Crippen LogP contribution in [-0.2, 0) is 4.74 Å². The summed E-state index contributed by atoms with van der Waals surface area (Å²) in [6, 6.07) is 13.9. The number of ether oxygens (including phenoxy) is 1. The molecule has 7 nitrogen and oxygen atoms in total. The van der Waals surface area contributed by atoms with Crippen molar-refractivity contribution in [3.63, 3.8) is 0 Å². The summed E-state index contributed by atoms with van der Waals surface area (Å²) in [4.78, 5) is 8.85. The van der Waals surface area contributed by atoms with Crippen molar-refractivity contribution in [3.05, 3.63) is 60.2 Å². The molecule has 2 saturated heterocycles. The predicted octanol–water partition coefficient (Wildman–Crippen LogP) is 2.98. The molecule has 0 aliphatic carbocycles. The van der Waals surface area contributed by atoms with E-state index in [1.165, 1.54) is 0 Å². The lowest BCUT2D eigenvalue weighted by molar-refractivity contribution is -0.0660. The normalized spacial score (nSPS) is 17.7. The number of benzene rings is 2. The first-order valence-electron chi connectivity index (χ1n) is 10.3. The van der Waals surface area contributed by atoms with Crippen molar-refractivity contribution in [1.82, 2.24) is 19.7 Å². The van der Waals surface area contributed by atoms with Crippen LogP contribution < -0.4 is 10.2 Å². The van der Waals surface area contributed by atoms with Gasteiger partial charge in [0.05, 0.1) is 36.3 Å². The van der Waals surface area contributed by atoms with Crippen LogP contribution in [0.25, 0.3) is 5.69 Å².